The van der Waals surface area contributed by atoms with Gasteiger partial charge in [-0.25, -0.2) is 8.42 Å². The van der Waals surface area contributed by atoms with Gasteiger partial charge in [-0.05, 0) is 43.7 Å². The molecule has 1 fully saturated rings. The second kappa shape index (κ2) is 5.59. The highest BCUT2D eigenvalue weighted by Crippen LogP contribution is 2.36. The number of hydrogen-bond donors (Lipinski definition) is 1. The van der Waals surface area contributed by atoms with Gasteiger partial charge in [0.15, 0.2) is 0 Å². The molecule has 2 N–H and O–H groups in total. The molecule has 0 saturated heterocycles. The molecule has 1 saturated carbocycles. The van der Waals surface area contributed by atoms with Crippen molar-refractivity contribution < 1.29 is 8.42 Å². The maximum Gasteiger partial charge on any atom is 0.150 e. The first kappa shape index (κ1) is 14.5. The Kier molecular flexibility index (Phi) is 4.26. The number of nitrogens with two attached hydrogens (primary N) is 1. The second-order valence-electron chi connectivity index (χ2n) is 5.58. The third-order valence-electron chi connectivity index (χ3n) is 4.19. The number of sulfone groups is 1. The Morgan fingerprint density at radius 1 is 1.42 bits per heavy atom. The molecule has 0 bridgehead atoms. The van der Waals surface area contributed by atoms with Crippen molar-refractivity contribution in [3.05, 3.63) is 29.6 Å². The van der Waals surface area contributed by atoms with Crippen LogP contribution in [0.25, 0.3) is 0 Å². The van der Waals surface area contributed by atoms with E-state index in [2.05, 4.69) is 4.98 Å². The monoisotopic (exact) mass is 282 g/mol. The highest BCUT2D eigenvalue weighted by Gasteiger charge is 2.32. The smallest absolute Gasteiger partial charge is 0.150 e. The lowest BCUT2D eigenvalue weighted by atomic mass is 9.81. The minimum atomic E-state index is -2.96. The average molecular weight is 282 g/mol. The Labute approximate surface area is 115 Å². The van der Waals surface area contributed by atoms with Crippen LogP contribution in [-0.4, -0.2) is 24.9 Å². The van der Waals surface area contributed by atoms with Crippen molar-refractivity contribution in [3.63, 3.8) is 0 Å². The minimum absolute atomic E-state index is 0.113. The molecular formula is C14H22N2O2S. The molecule has 1 aromatic rings. The van der Waals surface area contributed by atoms with Crippen LogP contribution in [-0.2, 0) is 9.84 Å². The number of nitrogens with zero attached hydrogens (tertiary/aromatic N) is 1. The second-order valence-corrected chi connectivity index (χ2v) is 7.91. The molecule has 19 heavy (non-hydrogen) atoms. The summed E-state index contributed by atoms with van der Waals surface area (Å²) in [6, 6.07) is 3.77. The van der Waals surface area contributed by atoms with Gasteiger partial charge in [0.05, 0.1) is 5.25 Å². The molecule has 0 radical (unpaired) electrons. The Morgan fingerprint density at radius 3 is 2.79 bits per heavy atom. The summed E-state index contributed by atoms with van der Waals surface area (Å²) >= 11 is 0. The fraction of sp³-hybridized carbons (Fsp3) is 0.643. The van der Waals surface area contributed by atoms with E-state index in [0.29, 0.717) is 6.42 Å². The molecule has 3 atom stereocenters. The van der Waals surface area contributed by atoms with Crippen molar-refractivity contribution in [2.75, 3.05) is 6.26 Å². The molecule has 0 spiro atoms. The summed E-state index contributed by atoms with van der Waals surface area (Å²) in [6.45, 7) is 1.95. The van der Waals surface area contributed by atoms with Crippen molar-refractivity contribution in [3.8, 4) is 0 Å². The van der Waals surface area contributed by atoms with Crippen molar-refractivity contribution in [1.29, 1.82) is 0 Å². The normalized spacial score (nSPS) is 26.1. The molecule has 1 aliphatic rings. The first-order valence-corrected chi connectivity index (χ1v) is 8.71. The van der Waals surface area contributed by atoms with Crippen LogP contribution in [0.15, 0.2) is 18.3 Å². The van der Waals surface area contributed by atoms with E-state index in [-0.39, 0.29) is 17.2 Å². The summed E-state index contributed by atoms with van der Waals surface area (Å²) in [7, 11) is -2.96. The zero-order valence-corrected chi connectivity index (χ0v) is 12.4. The number of pyridine rings is 1. The summed E-state index contributed by atoms with van der Waals surface area (Å²) < 4.78 is 23.4. The maximum atomic E-state index is 11.7. The lowest BCUT2D eigenvalue weighted by Crippen LogP contribution is -2.33. The predicted molar refractivity (Wildman–Crippen MR) is 76.5 cm³/mol. The van der Waals surface area contributed by atoms with Gasteiger partial charge in [0, 0.05) is 24.2 Å². The zero-order chi connectivity index (χ0) is 14.0. The molecule has 0 aromatic carbocycles. The largest absolute Gasteiger partial charge is 0.324 e. The van der Waals surface area contributed by atoms with Gasteiger partial charge in [-0.3, -0.25) is 4.98 Å². The van der Waals surface area contributed by atoms with Gasteiger partial charge in [0.2, 0.25) is 0 Å². The maximum absolute atomic E-state index is 11.7. The van der Waals surface area contributed by atoms with Gasteiger partial charge in [-0.2, -0.15) is 0 Å². The summed E-state index contributed by atoms with van der Waals surface area (Å²) in [5.41, 5.74) is 8.33. The van der Waals surface area contributed by atoms with E-state index in [1.165, 1.54) is 6.26 Å². The molecule has 3 unspecified atom stereocenters. The first-order valence-electron chi connectivity index (χ1n) is 6.75. The summed E-state index contributed by atoms with van der Waals surface area (Å²) in [4.78, 5) is 4.26. The van der Waals surface area contributed by atoms with E-state index in [0.717, 1.165) is 30.5 Å². The number of aromatic nitrogens is 1. The van der Waals surface area contributed by atoms with E-state index >= 15 is 0 Å². The SMILES string of the molecule is Cc1ncccc1C(N)C1CCCC(S(C)(=O)=O)C1. The van der Waals surface area contributed by atoms with E-state index in [1.54, 1.807) is 6.20 Å². The van der Waals surface area contributed by atoms with Crippen molar-refractivity contribution in [2.24, 2.45) is 11.7 Å². The van der Waals surface area contributed by atoms with Crippen LogP contribution in [0, 0.1) is 12.8 Å². The average Bonchev–Trinajstić information content (AvgIpc) is 2.38. The minimum Gasteiger partial charge on any atom is -0.324 e. The van der Waals surface area contributed by atoms with E-state index in [9.17, 15) is 8.42 Å². The molecule has 1 aliphatic carbocycles. The first-order chi connectivity index (χ1) is 8.89. The molecule has 4 nitrogen and oxygen atoms in total. The number of hydrogen-bond acceptors (Lipinski definition) is 4. The lowest BCUT2D eigenvalue weighted by Gasteiger charge is -2.32. The van der Waals surface area contributed by atoms with Crippen LogP contribution >= 0.6 is 0 Å². The van der Waals surface area contributed by atoms with Gasteiger partial charge in [-0.15, -0.1) is 0 Å². The fourth-order valence-electron chi connectivity index (χ4n) is 3.00. The van der Waals surface area contributed by atoms with Gasteiger partial charge >= 0.3 is 0 Å². The fourth-order valence-corrected chi connectivity index (χ4v) is 4.19. The molecule has 1 aromatic heterocycles. The van der Waals surface area contributed by atoms with E-state index in [1.807, 2.05) is 19.1 Å². The van der Waals surface area contributed by atoms with Crippen molar-refractivity contribution in [2.45, 2.75) is 43.9 Å². The van der Waals surface area contributed by atoms with Crippen LogP contribution in [0.3, 0.4) is 0 Å². The Morgan fingerprint density at radius 2 is 2.16 bits per heavy atom. The predicted octanol–water partition coefficient (Wildman–Crippen LogP) is 1.99. The Hall–Kier alpha value is -0.940. The van der Waals surface area contributed by atoms with Crippen molar-refractivity contribution >= 4 is 9.84 Å². The zero-order valence-electron chi connectivity index (χ0n) is 11.5. The summed E-state index contributed by atoms with van der Waals surface area (Å²) in [5, 5.41) is -0.228. The quantitative estimate of drug-likeness (QED) is 0.920. The van der Waals surface area contributed by atoms with Crippen molar-refractivity contribution in [1.82, 2.24) is 4.98 Å². The topological polar surface area (TPSA) is 73.0 Å². The Bertz CT molecular complexity index is 542. The molecule has 0 amide bonds. The number of rotatable bonds is 3. The highest BCUT2D eigenvalue weighted by molar-refractivity contribution is 7.91. The lowest BCUT2D eigenvalue weighted by molar-refractivity contribution is 0.308. The third-order valence-corrected chi connectivity index (χ3v) is 5.83. The number of aryl methyl sites for hydroxylation is 1. The molecule has 1 heterocycles. The van der Waals surface area contributed by atoms with E-state index < -0.39 is 9.84 Å². The van der Waals surface area contributed by atoms with Gasteiger partial charge in [0.25, 0.3) is 0 Å². The third kappa shape index (κ3) is 3.34. The molecule has 5 heteroatoms. The summed E-state index contributed by atoms with van der Waals surface area (Å²) in [6.07, 6.45) is 6.48. The van der Waals surface area contributed by atoms with E-state index in [4.69, 9.17) is 5.73 Å². The van der Waals surface area contributed by atoms with Crippen LogP contribution in [0.5, 0.6) is 0 Å². The highest BCUT2D eigenvalue weighted by atomic mass is 32.2. The molecule has 0 aliphatic heterocycles. The summed E-state index contributed by atoms with van der Waals surface area (Å²) in [5.74, 6) is 0.233. The molecule has 2 rings (SSSR count). The van der Waals surface area contributed by atoms with Gasteiger partial charge < -0.3 is 5.73 Å². The van der Waals surface area contributed by atoms with Gasteiger partial charge in [0.1, 0.15) is 9.84 Å². The molecule has 106 valence electrons. The standard InChI is InChI=1S/C14H22N2O2S/c1-10-13(7-4-8-16-10)14(15)11-5-3-6-12(9-11)19(2,17)18/h4,7-8,11-12,14H,3,5-6,9,15H2,1-2H3. The van der Waals surface area contributed by atoms with Crippen LogP contribution < -0.4 is 5.73 Å². The van der Waals surface area contributed by atoms with Crippen LogP contribution in [0.2, 0.25) is 0 Å². The van der Waals surface area contributed by atoms with Crippen LogP contribution in [0.1, 0.15) is 43.0 Å². The van der Waals surface area contributed by atoms with Gasteiger partial charge in [-0.1, -0.05) is 12.5 Å². The van der Waals surface area contributed by atoms with Crippen LogP contribution in [0.4, 0.5) is 0 Å². The Balaban J connectivity index is 2.16. The molecular weight excluding hydrogens is 260 g/mol.